The second-order valence-corrected chi connectivity index (χ2v) is 4.05. The number of amidine groups is 1. The minimum absolute atomic E-state index is 0.432. The van der Waals surface area contributed by atoms with Crippen LogP contribution in [0.5, 0.6) is 0 Å². The highest BCUT2D eigenvalue weighted by molar-refractivity contribution is 5.86. The van der Waals surface area contributed by atoms with E-state index >= 15 is 0 Å². The Morgan fingerprint density at radius 3 is 2.55 bits per heavy atom. The van der Waals surface area contributed by atoms with Gasteiger partial charge in [-0.05, 0) is 18.3 Å². The normalized spacial score (nSPS) is 28.6. The quantitative estimate of drug-likeness (QED) is 0.488. The molecule has 1 aliphatic rings. The van der Waals surface area contributed by atoms with Crippen molar-refractivity contribution in [3.63, 3.8) is 0 Å². The third kappa shape index (κ3) is 1.95. The van der Waals surface area contributed by atoms with E-state index in [-0.39, 0.29) is 0 Å². The Morgan fingerprint density at radius 1 is 1.64 bits per heavy atom. The van der Waals surface area contributed by atoms with Gasteiger partial charge in [0.25, 0.3) is 0 Å². The van der Waals surface area contributed by atoms with Crippen LogP contribution in [-0.4, -0.2) is 12.4 Å². The van der Waals surface area contributed by atoms with Crippen LogP contribution in [-0.2, 0) is 0 Å². The van der Waals surface area contributed by atoms with Crippen LogP contribution in [0.25, 0.3) is 0 Å². The number of rotatable bonds is 3. The van der Waals surface area contributed by atoms with Crippen LogP contribution in [0.3, 0.4) is 0 Å². The van der Waals surface area contributed by atoms with E-state index in [4.69, 9.17) is 5.73 Å². The molecule has 0 heterocycles. The van der Waals surface area contributed by atoms with E-state index in [1.54, 1.807) is 0 Å². The van der Waals surface area contributed by atoms with E-state index in [0.29, 0.717) is 11.3 Å². The second kappa shape index (κ2) is 2.84. The maximum Gasteiger partial charge on any atom is 0.0973 e. The van der Waals surface area contributed by atoms with Gasteiger partial charge in [0.15, 0.2) is 0 Å². The third-order valence-corrected chi connectivity index (χ3v) is 2.39. The van der Waals surface area contributed by atoms with Crippen LogP contribution in [0.1, 0.15) is 33.6 Å². The Kier molecular flexibility index (Phi) is 2.21. The van der Waals surface area contributed by atoms with Gasteiger partial charge in [0.05, 0.1) is 5.84 Å². The summed E-state index contributed by atoms with van der Waals surface area (Å²) in [4.78, 5) is 4.29. The molecule has 2 heteroatoms. The van der Waals surface area contributed by atoms with E-state index in [1.165, 1.54) is 6.42 Å². The fourth-order valence-electron chi connectivity index (χ4n) is 1.32. The van der Waals surface area contributed by atoms with Crippen molar-refractivity contribution in [3.8, 4) is 0 Å². The van der Waals surface area contributed by atoms with Crippen molar-refractivity contribution < 1.29 is 0 Å². The van der Waals surface area contributed by atoms with Gasteiger partial charge in [-0.1, -0.05) is 20.8 Å². The second-order valence-electron chi connectivity index (χ2n) is 4.05. The summed E-state index contributed by atoms with van der Waals surface area (Å²) in [7, 11) is 0. The number of aliphatic imine (C=N–C) groups is 1. The van der Waals surface area contributed by atoms with E-state index < -0.39 is 0 Å². The van der Waals surface area contributed by atoms with E-state index in [2.05, 4.69) is 25.8 Å². The summed E-state index contributed by atoms with van der Waals surface area (Å²) >= 11 is 0. The van der Waals surface area contributed by atoms with Crippen LogP contribution < -0.4 is 5.73 Å². The van der Waals surface area contributed by atoms with Crippen molar-refractivity contribution in [1.82, 2.24) is 0 Å². The first-order valence-corrected chi connectivity index (χ1v) is 4.37. The first-order valence-electron chi connectivity index (χ1n) is 4.37. The maximum atomic E-state index is 5.79. The standard InChI is InChI=1S/C9H18N2/c1-4-5-11-8(10)7-6-9(7,2)3/h7H,4-6H2,1-3H3,(H2,10,11). The molecule has 1 saturated carbocycles. The lowest BCUT2D eigenvalue weighted by Gasteiger charge is -2.01. The molecule has 0 radical (unpaired) electrons. The highest BCUT2D eigenvalue weighted by atomic mass is 14.9. The van der Waals surface area contributed by atoms with E-state index in [1.807, 2.05) is 0 Å². The molecule has 1 fully saturated rings. The molecule has 2 N–H and O–H groups in total. The van der Waals surface area contributed by atoms with Crippen molar-refractivity contribution in [2.75, 3.05) is 6.54 Å². The summed E-state index contributed by atoms with van der Waals surface area (Å²) in [5.74, 6) is 1.44. The van der Waals surface area contributed by atoms with Crippen molar-refractivity contribution in [1.29, 1.82) is 0 Å². The predicted molar refractivity (Wildman–Crippen MR) is 48.7 cm³/mol. The average molecular weight is 154 g/mol. The molecule has 1 atom stereocenters. The third-order valence-electron chi connectivity index (χ3n) is 2.39. The highest BCUT2D eigenvalue weighted by Crippen LogP contribution is 2.51. The van der Waals surface area contributed by atoms with Crippen LogP contribution in [0.4, 0.5) is 0 Å². The lowest BCUT2D eigenvalue weighted by Crippen LogP contribution is -2.17. The first kappa shape index (κ1) is 8.57. The van der Waals surface area contributed by atoms with E-state index in [0.717, 1.165) is 18.8 Å². The molecule has 1 rings (SSSR count). The summed E-state index contributed by atoms with van der Waals surface area (Å²) in [6, 6.07) is 0. The number of nitrogens with two attached hydrogens (primary N) is 1. The van der Waals surface area contributed by atoms with Gasteiger partial charge in [-0.25, -0.2) is 0 Å². The zero-order valence-electron chi connectivity index (χ0n) is 7.72. The zero-order valence-corrected chi connectivity index (χ0v) is 7.72. The Hall–Kier alpha value is -0.530. The van der Waals surface area contributed by atoms with Crippen molar-refractivity contribution in [2.45, 2.75) is 33.6 Å². The van der Waals surface area contributed by atoms with Gasteiger partial charge < -0.3 is 5.73 Å². The van der Waals surface area contributed by atoms with Crippen LogP contribution >= 0.6 is 0 Å². The molecule has 0 spiro atoms. The minimum Gasteiger partial charge on any atom is -0.387 e. The Balaban J connectivity index is 2.38. The van der Waals surface area contributed by atoms with Crippen molar-refractivity contribution in [2.24, 2.45) is 22.1 Å². The molecule has 0 aromatic carbocycles. The molecular formula is C9H18N2. The molecule has 0 aliphatic heterocycles. The average Bonchev–Trinajstić information content (AvgIpc) is 2.55. The fraction of sp³-hybridized carbons (Fsp3) is 0.889. The van der Waals surface area contributed by atoms with Crippen molar-refractivity contribution in [3.05, 3.63) is 0 Å². The van der Waals surface area contributed by atoms with Gasteiger partial charge in [0.1, 0.15) is 0 Å². The van der Waals surface area contributed by atoms with Crippen molar-refractivity contribution >= 4 is 5.84 Å². The summed E-state index contributed by atoms with van der Waals surface area (Å²) in [6.07, 6.45) is 2.31. The van der Waals surface area contributed by atoms with Crippen LogP contribution in [0, 0.1) is 11.3 Å². The highest BCUT2D eigenvalue weighted by Gasteiger charge is 2.47. The molecular weight excluding hydrogens is 136 g/mol. The minimum atomic E-state index is 0.432. The van der Waals surface area contributed by atoms with Gasteiger partial charge in [-0.15, -0.1) is 0 Å². The van der Waals surface area contributed by atoms with Gasteiger partial charge in [-0.2, -0.15) is 0 Å². The smallest absolute Gasteiger partial charge is 0.0973 e. The molecule has 0 saturated heterocycles. The number of hydrogen-bond donors (Lipinski definition) is 1. The van der Waals surface area contributed by atoms with Gasteiger partial charge in [0, 0.05) is 12.5 Å². The van der Waals surface area contributed by atoms with Crippen LogP contribution in [0.2, 0.25) is 0 Å². The summed E-state index contributed by atoms with van der Waals surface area (Å²) in [6.45, 7) is 7.49. The molecule has 2 nitrogen and oxygen atoms in total. The molecule has 0 aromatic rings. The molecule has 0 aromatic heterocycles. The molecule has 0 bridgehead atoms. The first-order chi connectivity index (χ1) is 5.08. The fourth-order valence-corrected chi connectivity index (χ4v) is 1.32. The molecule has 11 heavy (non-hydrogen) atoms. The largest absolute Gasteiger partial charge is 0.387 e. The predicted octanol–water partition coefficient (Wildman–Crippen LogP) is 1.80. The molecule has 1 aliphatic carbocycles. The monoisotopic (exact) mass is 154 g/mol. The van der Waals surface area contributed by atoms with Gasteiger partial charge in [0.2, 0.25) is 0 Å². The summed E-state index contributed by atoms with van der Waals surface area (Å²) in [5, 5.41) is 0. The topological polar surface area (TPSA) is 38.4 Å². The lowest BCUT2D eigenvalue weighted by molar-refractivity contribution is 0.619. The molecule has 0 amide bonds. The summed E-state index contributed by atoms with van der Waals surface area (Å²) < 4.78 is 0. The Labute approximate surface area is 68.9 Å². The van der Waals surface area contributed by atoms with Gasteiger partial charge in [-0.3, -0.25) is 4.99 Å². The maximum absolute atomic E-state index is 5.79. The van der Waals surface area contributed by atoms with E-state index in [9.17, 15) is 0 Å². The zero-order chi connectivity index (χ0) is 8.48. The SMILES string of the molecule is CCCN=C(N)C1CC1(C)C. The van der Waals surface area contributed by atoms with Gasteiger partial charge >= 0.3 is 0 Å². The molecule has 64 valence electrons. The Bertz CT molecular complexity index is 170. The number of hydrogen-bond acceptors (Lipinski definition) is 1. The number of nitrogens with zero attached hydrogens (tertiary/aromatic N) is 1. The Morgan fingerprint density at radius 2 is 2.18 bits per heavy atom. The lowest BCUT2D eigenvalue weighted by atomic mass is 10.1. The van der Waals surface area contributed by atoms with Crippen LogP contribution in [0.15, 0.2) is 4.99 Å². The summed E-state index contributed by atoms with van der Waals surface area (Å²) in [5.41, 5.74) is 6.22. The molecule has 1 unspecified atom stereocenters.